The average molecular weight is 309 g/mol. The predicted octanol–water partition coefficient (Wildman–Crippen LogP) is -3.87. The minimum atomic E-state index is -2.78. The molecule has 10 heteroatoms. The van der Waals surface area contributed by atoms with Gasteiger partial charge in [-0.2, -0.15) is 0 Å². The Balaban J connectivity index is 3.07. The molecule has 1 amide bonds. The van der Waals surface area contributed by atoms with Gasteiger partial charge in [-0.05, 0) is 0 Å². The summed E-state index contributed by atoms with van der Waals surface area (Å²) in [5.74, 6) is -5.17. The highest BCUT2D eigenvalue weighted by Crippen LogP contribution is 2.30. The van der Waals surface area contributed by atoms with E-state index in [-0.39, 0.29) is 0 Å². The number of hydrogen-bond acceptors (Lipinski definition) is 8. The summed E-state index contributed by atoms with van der Waals surface area (Å²) < 4.78 is 4.86. The van der Waals surface area contributed by atoms with Crippen LogP contribution in [0.5, 0.6) is 0 Å². The zero-order valence-electron chi connectivity index (χ0n) is 11.2. The van der Waals surface area contributed by atoms with Gasteiger partial charge < -0.3 is 40.7 Å². The van der Waals surface area contributed by atoms with E-state index in [1.165, 1.54) is 0 Å². The molecule has 6 atom stereocenters. The van der Waals surface area contributed by atoms with E-state index in [0.29, 0.717) is 0 Å². The van der Waals surface area contributed by atoms with Crippen molar-refractivity contribution in [2.75, 3.05) is 6.61 Å². The summed E-state index contributed by atoms with van der Waals surface area (Å²) in [6.07, 6.45) is -7.48. The van der Waals surface area contributed by atoms with Crippen molar-refractivity contribution in [3.05, 3.63) is 0 Å². The lowest BCUT2D eigenvalue weighted by molar-refractivity contribution is -0.295. The molecule has 1 saturated heterocycles. The Morgan fingerprint density at radius 1 is 1.43 bits per heavy atom. The van der Waals surface area contributed by atoms with E-state index in [4.69, 9.17) is 14.9 Å². The van der Waals surface area contributed by atoms with E-state index in [1.54, 1.807) is 0 Å². The van der Waals surface area contributed by atoms with Gasteiger partial charge in [-0.15, -0.1) is 0 Å². The molecule has 0 spiro atoms. The number of carboxylic acid groups (broad SMARTS) is 1. The van der Waals surface area contributed by atoms with Crippen LogP contribution in [0, 0.1) is 0 Å². The molecule has 0 radical (unpaired) electrons. The molecule has 1 fully saturated rings. The maximum absolute atomic E-state index is 11.1. The summed E-state index contributed by atoms with van der Waals surface area (Å²) in [5, 5.41) is 59.0. The second kappa shape index (κ2) is 6.64. The highest BCUT2D eigenvalue weighted by Gasteiger charge is 2.53. The number of hydrogen-bond donors (Lipinski definition) is 7. The largest absolute Gasteiger partial charge is 0.477 e. The average Bonchev–Trinajstić information content (AvgIpc) is 2.39. The number of aliphatic hydroxyl groups excluding tert-OH is 4. The van der Waals surface area contributed by atoms with E-state index < -0.39 is 61.1 Å². The number of carbonyl (C=O) groups excluding carboxylic acids is 1. The van der Waals surface area contributed by atoms with Gasteiger partial charge in [0.2, 0.25) is 5.91 Å². The number of ether oxygens (including phenoxy) is 1. The van der Waals surface area contributed by atoms with Crippen molar-refractivity contribution in [2.45, 2.75) is 49.6 Å². The van der Waals surface area contributed by atoms with Gasteiger partial charge in [-0.3, -0.25) is 4.79 Å². The van der Waals surface area contributed by atoms with Gasteiger partial charge in [0.1, 0.15) is 18.3 Å². The van der Waals surface area contributed by atoms with Gasteiger partial charge in [0.25, 0.3) is 5.79 Å². The third kappa shape index (κ3) is 3.87. The minimum absolute atomic E-state index is 0.598. The van der Waals surface area contributed by atoms with Crippen molar-refractivity contribution in [1.29, 1.82) is 0 Å². The van der Waals surface area contributed by atoms with Crippen molar-refractivity contribution in [1.82, 2.24) is 5.32 Å². The molecular formula is C11H19NO9. The van der Waals surface area contributed by atoms with E-state index in [2.05, 4.69) is 5.32 Å². The molecule has 0 unspecified atom stereocenters. The van der Waals surface area contributed by atoms with Gasteiger partial charge >= 0.3 is 5.97 Å². The highest BCUT2D eigenvalue weighted by molar-refractivity contribution is 5.76. The van der Waals surface area contributed by atoms with Crippen molar-refractivity contribution >= 4 is 11.9 Å². The smallest absolute Gasteiger partial charge is 0.364 e. The molecule has 0 aliphatic carbocycles. The lowest BCUT2D eigenvalue weighted by Crippen LogP contribution is -2.67. The molecule has 21 heavy (non-hydrogen) atoms. The molecule has 1 rings (SSSR count). The van der Waals surface area contributed by atoms with E-state index in [1.807, 2.05) is 0 Å². The van der Waals surface area contributed by atoms with Gasteiger partial charge in [-0.1, -0.05) is 0 Å². The number of nitrogens with one attached hydrogen (secondary N) is 1. The number of amides is 1. The van der Waals surface area contributed by atoms with E-state index in [0.717, 1.165) is 6.92 Å². The standard InChI is InChI=1S/C11H19NO9/c1-4(14)12-7-5(15)2-11(20,10(18)19)21-9(7)8(17)6(16)3-13/h5-9,13,15-17,20H,2-3H2,1H3,(H,12,14)(H,18,19)/t5-,6-,7+,8-,9-,11+/m0/s1. The molecule has 0 aromatic rings. The van der Waals surface area contributed by atoms with Gasteiger partial charge in [0.05, 0.1) is 18.8 Å². The normalized spacial score (nSPS) is 35.8. The Hall–Kier alpha value is -1.30. The Kier molecular flexibility index (Phi) is 5.61. The molecule has 1 aliphatic heterocycles. The van der Waals surface area contributed by atoms with E-state index >= 15 is 0 Å². The summed E-state index contributed by atoms with van der Waals surface area (Å²) in [4.78, 5) is 22.1. The Bertz CT molecular complexity index is 403. The summed E-state index contributed by atoms with van der Waals surface area (Å²) in [6.45, 7) is 0.256. The molecule has 0 aromatic carbocycles. The molecular weight excluding hydrogens is 290 g/mol. The molecule has 10 nitrogen and oxygen atoms in total. The van der Waals surface area contributed by atoms with Crippen LogP contribution in [0.2, 0.25) is 0 Å². The fourth-order valence-electron chi connectivity index (χ4n) is 2.14. The first kappa shape index (κ1) is 17.8. The molecule has 122 valence electrons. The summed E-state index contributed by atoms with van der Waals surface area (Å²) in [7, 11) is 0. The number of carbonyl (C=O) groups is 2. The van der Waals surface area contributed by atoms with Crippen LogP contribution in [0.15, 0.2) is 0 Å². The van der Waals surface area contributed by atoms with Crippen LogP contribution in [0.4, 0.5) is 0 Å². The zero-order valence-corrected chi connectivity index (χ0v) is 11.2. The van der Waals surface area contributed by atoms with Crippen molar-refractivity contribution in [2.24, 2.45) is 0 Å². The predicted molar refractivity (Wildman–Crippen MR) is 64.8 cm³/mol. The molecule has 0 aromatic heterocycles. The quantitative estimate of drug-likeness (QED) is 0.268. The van der Waals surface area contributed by atoms with Crippen molar-refractivity contribution in [3.63, 3.8) is 0 Å². The third-order valence-electron chi connectivity index (χ3n) is 3.21. The van der Waals surface area contributed by atoms with Crippen LogP contribution in [-0.2, 0) is 14.3 Å². The zero-order chi connectivity index (χ0) is 16.4. The maximum atomic E-state index is 11.1. The second-order valence-corrected chi connectivity index (χ2v) is 4.91. The Morgan fingerprint density at radius 3 is 2.43 bits per heavy atom. The fraction of sp³-hybridized carbons (Fsp3) is 0.818. The van der Waals surface area contributed by atoms with E-state index in [9.17, 15) is 30.0 Å². The molecule has 0 bridgehead atoms. The van der Waals surface area contributed by atoms with Crippen LogP contribution >= 0.6 is 0 Å². The summed E-state index contributed by atoms with van der Waals surface area (Å²) in [5.41, 5.74) is 0. The van der Waals surface area contributed by atoms with Gasteiger partial charge in [0, 0.05) is 13.3 Å². The lowest BCUT2D eigenvalue weighted by Gasteiger charge is -2.44. The summed E-state index contributed by atoms with van der Waals surface area (Å²) in [6, 6.07) is -1.27. The van der Waals surface area contributed by atoms with Crippen LogP contribution in [0.3, 0.4) is 0 Å². The Morgan fingerprint density at radius 2 is 2.00 bits per heavy atom. The van der Waals surface area contributed by atoms with Crippen LogP contribution in [-0.4, -0.2) is 85.4 Å². The third-order valence-corrected chi connectivity index (χ3v) is 3.21. The molecule has 1 aliphatic rings. The van der Waals surface area contributed by atoms with Crippen LogP contribution in [0.1, 0.15) is 13.3 Å². The molecule has 7 N–H and O–H groups in total. The maximum Gasteiger partial charge on any atom is 0.364 e. The summed E-state index contributed by atoms with van der Waals surface area (Å²) >= 11 is 0. The number of carboxylic acids is 1. The first-order chi connectivity index (χ1) is 9.62. The van der Waals surface area contributed by atoms with Gasteiger partial charge in [-0.25, -0.2) is 4.79 Å². The molecule has 1 heterocycles. The van der Waals surface area contributed by atoms with Gasteiger partial charge in [0.15, 0.2) is 0 Å². The number of rotatable bonds is 5. The topological polar surface area (TPSA) is 177 Å². The number of aliphatic carboxylic acids is 1. The fourth-order valence-corrected chi connectivity index (χ4v) is 2.14. The Labute approximate surface area is 119 Å². The van der Waals surface area contributed by atoms with Crippen molar-refractivity contribution < 1.29 is 45.0 Å². The number of aliphatic hydroxyl groups is 5. The first-order valence-corrected chi connectivity index (χ1v) is 6.18. The lowest BCUT2D eigenvalue weighted by atomic mass is 9.88. The minimum Gasteiger partial charge on any atom is -0.477 e. The first-order valence-electron chi connectivity index (χ1n) is 6.18. The highest BCUT2D eigenvalue weighted by atomic mass is 16.7. The monoisotopic (exact) mass is 309 g/mol. The van der Waals surface area contributed by atoms with Crippen LogP contribution in [0.25, 0.3) is 0 Å². The van der Waals surface area contributed by atoms with Crippen LogP contribution < -0.4 is 5.32 Å². The SMILES string of the molecule is CC(=O)N[C@H]1[C@@H]([C@@H](O)[C@@H](O)CO)O[C@@](O)(C(=O)O)C[C@@H]1O. The molecule has 0 saturated carbocycles. The van der Waals surface area contributed by atoms with Crippen molar-refractivity contribution in [3.8, 4) is 0 Å². The second-order valence-electron chi connectivity index (χ2n) is 4.91.